The Bertz CT molecular complexity index is 1220. The van der Waals surface area contributed by atoms with E-state index in [2.05, 4.69) is 21.3 Å². The molecular formula is C28H36ClN5O7. The number of hydrogen-bond donors (Lipinski definition) is 7. The molecule has 0 aromatic heterocycles. The Labute approximate surface area is 243 Å². The number of nitrogens with two attached hydrogens (primary N) is 1. The molecule has 0 aliphatic rings. The SMILES string of the molecule is CC(C)C[C@H](NC(=O)[C@H](Cc1ccccc1Cl)NC(=O)CNC(=O)CNC(=O)[C@@H](N)Cc1ccc(O)cc1)C(=O)O. The van der Waals surface area contributed by atoms with Gasteiger partial charge in [-0.1, -0.05) is 55.8 Å². The molecule has 0 spiro atoms. The maximum Gasteiger partial charge on any atom is 0.326 e. The van der Waals surface area contributed by atoms with Gasteiger partial charge in [-0.05, 0) is 48.1 Å². The zero-order chi connectivity index (χ0) is 30.5. The number of carbonyl (C=O) groups excluding carboxylic acids is 4. The van der Waals surface area contributed by atoms with Crippen LogP contribution >= 0.6 is 11.6 Å². The molecule has 3 atom stereocenters. The lowest BCUT2D eigenvalue weighted by molar-refractivity contribution is -0.142. The highest BCUT2D eigenvalue weighted by molar-refractivity contribution is 6.31. The van der Waals surface area contributed by atoms with E-state index in [1.54, 1.807) is 36.4 Å². The average Bonchev–Trinajstić information content (AvgIpc) is 2.91. The monoisotopic (exact) mass is 589 g/mol. The first-order valence-corrected chi connectivity index (χ1v) is 13.4. The summed E-state index contributed by atoms with van der Waals surface area (Å²) < 4.78 is 0. The normalized spacial score (nSPS) is 13.0. The van der Waals surface area contributed by atoms with Gasteiger partial charge < -0.3 is 37.2 Å². The van der Waals surface area contributed by atoms with Crippen molar-refractivity contribution in [3.63, 3.8) is 0 Å². The maximum absolute atomic E-state index is 13.0. The van der Waals surface area contributed by atoms with Crippen LogP contribution in [0.1, 0.15) is 31.4 Å². The first kappa shape index (κ1) is 33.0. The lowest BCUT2D eigenvalue weighted by Crippen LogP contribution is -2.54. The number of amides is 4. The summed E-state index contributed by atoms with van der Waals surface area (Å²) in [4.78, 5) is 61.7. The Balaban J connectivity index is 1.92. The molecule has 0 heterocycles. The van der Waals surface area contributed by atoms with Gasteiger partial charge >= 0.3 is 5.97 Å². The molecule has 222 valence electrons. The van der Waals surface area contributed by atoms with E-state index in [4.69, 9.17) is 17.3 Å². The molecule has 41 heavy (non-hydrogen) atoms. The van der Waals surface area contributed by atoms with Gasteiger partial charge in [0.05, 0.1) is 19.1 Å². The van der Waals surface area contributed by atoms with Crippen LogP contribution in [0.3, 0.4) is 0 Å². The van der Waals surface area contributed by atoms with Gasteiger partial charge in [0, 0.05) is 11.4 Å². The van der Waals surface area contributed by atoms with E-state index >= 15 is 0 Å². The molecule has 0 bridgehead atoms. The van der Waals surface area contributed by atoms with Gasteiger partial charge in [-0.25, -0.2) is 4.79 Å². The molecule has 4 amide bonds. The highest BCUT2D eigenvalue weighted by Gasteiger charge is 2.28. The van der Waals surface area contributed by atoms with Gasteiger partial charge in [-0.2, -0.15) is 0 Å². The first-order chi connectivity index (χ1) is 19.3. The fraction of sp³-hybridized carbons (Fsp3) is 0.393. The zero-order valence-corrected chi connectivity index (χ0v) is 23.6. The molecule has 8 N–H and O–H groups in total. The number of aliphatic carboxylic acids is 1. The van der Waals surface area contributed by atoms with Crippen LogP contribution in [0.5, 0.6) is 5.75 Å². The van der Waals surface area contributed by atoms with Crippen LogP contribution < -0.4 is 27.0 Å². The van der Waals surface area contributed by atoms with E-state index in [0.29, 0.717) is 10.6 Å². The van der Waals surface area contributed by atoms with Crippen LogP contribution in [0.4, 0.5) is 0 Å². The van der Waals surface area contributed by atoms with Gasteiger partial charge in [0.1, 0.15) is 17.8 Å². The Morgan fingerprint density at radius 1 is 0.829 bits per heavy atom. The van der Waals surface area contributed by atoms with Crippen LogP contribution in [0.25, 0.3) is 0 Å². The molecular weight excluding hydrogens is 554 g/mol. The largest absolute Gasteiger partial charge is 0.508 e. The van der Waals surface area contributed by atoms with Gasteiger partial charge in [0.2, 0.25) is 23.6 Å². The minimum absolute atomic E-state index is 0.00827. The van der Waals surface area contributed by atoms with Crippen molar-refractivity contribution >= 4 is 41.2 Å². The summed E-state index contributed by atoms with van der Waals surface area (Å²) in [5.41, 5.74) is 7.16. The van der Waals surface area contributed by atoms with Crippen molar-refractivity contribution in [2.45, 2.75) is 51.2 Å². The van der Waals surface area contributed by atoms with E-state index in [1.807, 2.05) is 13.8 Å². The van der Waals surface area contributed by atoms with Gasteiger partial charge in [0.15, 0.2) is 0 Å². The van der Waals surface area contributed by atoms with Crippen molar-refractivity contribution < 1.29 is 34.2 Å². The van der Waals surface area contributed by atoms with Crippen molar-refractivity contribution in [3.8, 4) is 5.75 Å². The number of carboxylic acids is 1. The molecule has 12 nitrogen and oxygen atoms in total. The summed E-state index contributed by atoms with van der Waals surface area (Å²) in [5.74, 6) is -3.80. The Kier molecular flexibility index (Phi) is 13.0. The van der Waals surface area contributed by atoms with Gasteiger partial charge in [-0.15, -0.1) is 0 Å². The highest BCUT2D eigenvalue weighted by atomic mass is 35.5. The average molecular weight is 590 g/mol. The Morgan fingerprint density at radius 2 is 1.46 bits per heavy atom. The summed E-state index contributed by atoms with van der Waals surface area (Å²) in [6.07, 6.45) is 0.354. The Hall–Kier alpha value is -4.16. The number of halogens is 1. The summed E-state index contributed by atoms with van der Waals surface area (Å²) in [6.45, 7) is 2.70. The fourth-order valence-corrected chi connectivity index (χ4v) is 4.04. The molecule has 0 aliphatic heterocycles. The summed E-state index contributed by atoms with van der Waals surface area (Å²) in [7, 11) is 0. The quantitative estimate of drug-likeness (QED) is 0.155. The second-order valence-corrected chi connectivity index (χ2v) is 10.3. The molecule has 0 unspecified atom stereocenters. The highest BCUT2D eigenvalue weighted by Crippen LogP contribution is 2.17. The number of phenols is 1. The predicted octanol–water partition coefficient (Wildman–Crippen LogP) is 0.491. The summed E-state index contributed by atoms with van der Waals surface area (Å²) in [5, 5.41) is 28.9. The van der Waals surface area contributed by atoms with Crippen molar-refractivity contribution in [2.24, 2.45) is 11.7 Å². The fourth-order valence-electron chi connectivity index (χ4n) is 3.82. The smallest absolute Gasteiger partial charge is 0.326 e. The molecule has 2 aromatic rings. The zero-order valence-electron chi connectivity index (χ0n) is 22.9. The summed E-state index contributed by atoms with van der Waals surface area (Å²) in [6, 6.07) is 9.63. The number of carboxylic acid groups (broad SMARTS) is 1. The lowest BCUT2D eigenvalue weighted by atomic mass is 10.0. The Morgan fingerprint density at radius 3 is 2.07 bits per heavy atom. The first-order valence-electron chi connectivity index (χ1n) is 13.0. The van der Waals surface area contributed by atoms with Crippen molar-refractivity contribution in [1.82, 2.24) is 21.3 Å². The number of benzene rings is 2. The number of nitrogens with one attached hydrogen (secondary N) is 4. The topological polar surface area (TPSA) is 200 Å². The third-order valence-corrected chi connectivity index (χ3v) is 6.32. The molecule has 0 saturated heterocycles. The maximum atomic E-state index is 13.0. The minimum atomic E-state index is -1.20. The molecule has 0 aliphatic carbocycles. The van der Waals surface area contributed by atoms with E-state index in [-0.39, 0.29) is 30.9 Å². The molecule has 0 fully saturated rings. The second-order valence-electron chi connectivity index (χ2n) is 9.92. The number of hydrogen-bond acceptors (Lipinski definition) is 7. The molecule has 2 rings (SSSR count). The third kappa shape index (κ3) is 11.9. The molecule has 0 saturated carbocycles. The van der Waals surface area contributed by atoms with E-state index in [1.165, 1.54) is 12.1 Å². The number of carbonyl (C=O) groups is 5. The predicted molar refractivity (Wildman–Crippen MR) is 152 cm³/mol. The number of rotatable bonds is 15. The third-order valence-electron chi connectivity index (χ3n) is 5.95. The lowest BCUT2D eigenvalue weighted by Gasteiger charge is -2.23. The molecule has 13 heteroatoms. The van der Waals surface area contributed by atoms with Crippen molar-refractivity contribution in [1.29, 1.82) is 0 Å². The van der Waals surface area contributed by atoms with Crippen LogP contribution in [-0.2, 0) is 36.8 Å². The van der Waals surface area contributed by atoms with Gasteiger partial charge in [0.25, 0.3) is 0 Å². The second kappa shape index (κ2) is 16.2. The molecule has 0 radical (unpaired) electrons. The molecule has 2 aromatic carbocycles. The number of phenolic OH excluding ortho intramolecular Hbond substituents is 1. The van der Waals surface area contributed by atoms with Crippen LogP contribution in [-0.4, -0.2) is 71.0 Å². The van der Waals surface area contributed by atoms with Crippen LogP contribution in [0, 0.1) is 5.92 Å². The standard InChI is InChI=1S/C28H36ClN5O7/c1-16(2)11-23(28(40)41)34-27(39)22(13-18-5-3-4-6-20(18)29)33-25(37)15-31-24(36)14-32-26(38)21(30)12-17-7-9-19(35)10-8-17/h3-10,16,21-23,35H,11-15,30H2,1-2H3,(H,31,36)(H,32,38)(H,33,37)(H,34,39)(H,40,41)/t21-,22-,23-/m0/s1. The summed E-state index contributed by atoms with van der Waals surface area (Å²) >= 11 is 6.22. The van der Waals surface area contributed by atoms with Crippen LogP contribution in [0.15, 0.2) is 48.5 Å². The number of aromatic hydroxyl groups is 1. The minimum Gasteiger partial charge on any atom is -0.508 e. The van der Waals surface area contributed by atoms with Crippen molar-refractivity contribution in [2.75, 3.05) is 13.1 Å². The van der Waals surface area contributed by atoms with Crippen molar-refractivity contribution in [3.05, 3.63) is 64.7 Å². The van der Waals surface area contributed by atoms with E-state index < -0.39 is 60.8 Å². The van der Waals surface area contributed by atoms with E-state index in [9.17, 15) is 34.2 Å². The van der Waals surface area contributed by atoms with Crippen LogP contribution in [0.2, 0.25) is 5.02 Å². The van der Waals surface area contributed by atoms with E-state index in [0.717, 1.165) is 5.56 Å². The van der Waals surface area contributed by atoms with Gasteiger partial charge in [-0.3, -0.25) is 19.2 Å².